The molecule has 0 aliphatic carbocycles. The summed E-state index contributed by atoms with van der Waals surface area (Å²) in [5.74, 6) is 0.658. The number of hydrogen-bond donors (Lipinski definition) is 1. The number of piperazine rings is 1. The highest BCUT2D eigenvalue weighted by Crippen LogP contribution is 2.15. The Kier molecular flexibility index (Phi) is 6.12. The van der Waals surface area contributed by atoms with E-state index in [0.717, 1.165) is 5.56 Å². The van der Waals surface area contributed by atoms with Crippen LogP contribution < -0.4 is 5.32 Å². The van der Waals surface area contributed by atoms with Crippen LogP contribution in [0.3, 0.4) is 0 Å². The summed E-state index contributed by atoms with van der Waals surface area (Å²) in [6.45, 7) is 3.98. The number of nitrogens with zero attached hydrogens (tertiary/aromatic N) is 5. The highest BCUT2D eigenvalue weighted by atomic mass is 16.4. The molecule has 1 atom stereocenters. The normalized spacial score (nSPS) is 17.6. The van der Waals surface area contributed by atoms with Gasteiger partial charge in [0.15, 0.2) is 0 Å². The Bertz CT molecular complexity index is 778. The molecular formula is C18H24N6O3. The second kappa shape index (κ2) is 8.72. The third-order valence-electron chi connectivity index (χ3n) is 4.53. The van der Waals surface area contributed by atoms with E-state index in [9.17, 15) is 9.59 Å². The van der Waals surface area contributed by atoms with Gasteiger partial charge in [-0.1, -0.05) is 13.0 Å². The third-order valence-corrected chi connectivity index (χ3v) is 4.53. The molecule has 1 saturated heterocycles. The van der Waals surface area contributed by atoms with Gasteiger partial charge < -0.3 is 14.6 Å². The monoisotopic (exact) mass is 372 g/mol. The third kappa shape index (κ3) is 4.88. The highest BCUT2D eigenvalue weighted by molar-refractivity contribution is 5.88. The number of aryl methyl sites for hydroxylation is 1. The van der Waals surface area contributed by atoms with E-state index in [1.165, 1.54) is 4.90 Å². The quantitative estimate of drug-likeness (QED) is 0.749. The predicted molar refractivity (Wildman–Crippen MR) is 96.2 cm³/mol. The van der Waals surface area contributed by atoms with Gasteiger partial charge in [-0.15, -0.1) is 10.2 Å². The number of rotatable bonds is 7. The molecule has 1 N–H and O–H groups in total. The van der Waals surface area contributed by atoms with Gasteiger partial charge in [0.25, 0.3) is 0 Å². The van der Waals surface area contributed by atoms with Crippen LogP contribution in [0.2, 0.25) is 0 Å². The maximum absolute atomic E-state index is 12.7. The molecule has 1 aliphatic heterocycles. The summed E-state index contributed by atoms with van der Waals surface area (Å²) < 4.78 is 5.45. The molecule has 0 bridgehead atoms. The molecule has 0 aromatic carbocycles. The lowest BCUT2D eigenvalue weighted by Crippen LogP contribution is -2.56. The van der Waals surface area contributed by atoms with Gasteiger partial charge >= 0.3 is 0 Å². The lowest BCUT2D eigenvalue weighted by Gasteiger charge is -2.35. The van der Waals surface area contributed by atoms with Crippen LogP contribution in [-0.2, 0) is 29.1 Å². The molecule has 1 fully saturated rings. The summed E-state index contributed by atoms with van der Waals surface area (Å²) in [4.78, 5) is 32.7. The fourth-order valence-electron chi connectivity index (χ4n) is 3.01. The van der Waals surface area contributed by atoms with E-state index >= 15 is 0 Å². The number of aromatic nitrogens is 3. The topological polar surface area (TPSA) is 104 Å². The van der Waals surface area contributed by atoms with Crippen LogP contribution in [0.15, 0.2) is 28.9 Å². The zero-order chi connectivity index (χ0) is 19.2. The Morgan fingerprint density at radius 3 is 2.93 bits per heavy atom. The minimum Gasteiger partial charge on any atom is -0.423 e. The first kappa shape index (κ1) is 19.0. The van der Waals surface area contributed by atoms with Gasteiger partial charge in [-0.05, 0) is 11.6 Å². The maximum Gasteiger partial charge on any atom is 0.237 e. The largest absolute Gasteiger partial charge is 0.423 e. The van der Waals surface area contributed by atoms with Crippen molar-refractivity contribution in [3.63, 3.8) is 0 Å². The molecule has 0 saturated carbocycles. The minimum atomic E-state index is -0.511. The molecular weight excluding hydrogens is 348 g/mol. The van der Waals surface area contributed by atoms with Gasteiger partial charge in [-0.3, -0.25) is 19.5 Å². The standard InChI is InChI=1S/C18H24N6O3/c1-3-15-21-22-16(27-15)12-23(2)17(25)9-14-18(26)20-7-8-24(14)11-13-5-4-6-19-10-13/h4-6,10,14H,3,7-9,11-12H2,1-2H3,(H,20,26)/t14-/m0/s1. The van der Waals surface area contributed by atoms with Crippen molar-refractivity contribution in [1.82, 2.24) is 30.3 Å². The van der Waals surface area contributed by atoms with E-state index in [2.05, 4.69) is 20.5 Å². The van der Waals surface area contributed by atoms with E-state index in [-0.39, 0.29) is 24.8 Å². The molecule has 0 radical (unpaired) electrons. The number of nitrogens with one attached hydrogen (secondary N) is 1. The molecule has 0 unspecified atom stereocenters. The Morgan fingerprint density at radius 1 is 1.41 bits per heavy atom. The van der Waals surface area contributed by atoms with Crippen LogP contribution in [0.4, 0.5) is 0 Å². The van der Waals surface area contributed by atoms with Crippen molar-refractivity contribution >= 4 is 11.8 Å². The Balaban J connectivity index is 1.62. The van der Waals surface area contributed by atoms with Crippen molar-refractivity contribution in [3.05, 3.63) is 41.9 Å². The predicted octanol–water partition coefficient (Wildman–Crippen LogP) is 0.376. The van der Waals surface area contributed by atoms with E-state index in [1.54, 1.807) is 19.4 Å². The summed E-state index contributed by atoms with van der Waals surface area (Å²) >= 11 is 0. The highest BCUT2D eigenvalue weighted by Gasteiger charge is 2.32. The van der Waals surface area contributed by atoms with Crippen LogP contribution in [0, 0.1) is 0 Å². The lowest BCUT2D eigenvalue weighted by atomic mass is 10.1. The Hall–Kier alpha value is -2.81. The Morgan fingerprint density at radius 2 is 2.22 bits per heavy atom. The van der Waals surface area contributed by atoms with Crippen molar-refractivity contribution in [2.75, 3.05) is 20.1 Å². The van der Waals surface area contributed by atoms with Gasteiger partial charge in [0.05, 0.1) is 19.0 Å². The van der Waals surface area contributed by atoms with E-state index in [1.807, 2.05) is 24.0 Å². The number of amides is 2. The molecule has 9 nitrogen and oxygen atoms in total. The van der Waals surface area contributed by atoms with Crippen LogP contribution in [0.1, 0.15) is 30.7 Å². The molecule has 9 heteroatoms. The summed E-state index contributed by atoms with van der Waals surface area (Å²) in [6, 6.07) is 3.32. The molecule has 2 aromatic heterocycles. The molecule has 3 heterocycles. The van der Waals surface area contributed by atoms with Gasteiger partial charge in [0.1, 0.15) is 0 Å². The number of hydrogen-bond acceptors (Lipinski definition) is 7. The minimum absolute atomic E-state index is 0.0946. The van der Waals surface area contributed by atoms with Crippen molar-refractivity contribution in [3.8, 4) is 0 Å². The van der Waals surface area contributed by atoms with Crippen molar-refractivity contribution in [1.29, 1.82) is 0 Å². The first-order chi connectivity index (χ1) is 13.1. The van der Waals surface area contributed by atoms with Crippen molar-refractivity contribution < 1.29 is 14.0 Å². The fourth-order valence-corrected chi connectivity index (χ4v) is 3.01. The summed E-state index contributed by atoms with van der Waals surface area (Å²) in [5, 5.41) is 10.7. The van der Waals surface area contributed by atoms with Crippen molar-refractivity contribution in [2.45, 2.75) is 38.9 Å². The second-order valence-electron chi connectivity index (χ2n) is 6.54. The van der Waals surface area contributed by atoms with Crippen LogP contribution in [0.5, 0.6) is 0 Å². The molecule has 2 amide bonds. The number of carbonyl (C=O) groups excluding carboxylic acids is 2. The molecule has 3 rings (SSSR count). The number of pyridine rings is 1. The zero-order valence-corrected chi connectivity index (χ0v) is 15.6. The zero-order valence-electron chi connectivity index (χ0n) is 15.6. The summed E-state index contributed by atoms with van der Waals surface area (Å²) in [6.07, 6.45) is 4.23. The second-order valence-corrected chi connectivity index (χ2v) is 6.54. The maximum atomic E-state index is 12.7. The Labute approximate surface area is 157 Å². The van der Waals surface area contributed by atoms with E-state index < -0.39 is 6.04 Å². The van der Waals surface area contributed by atoms with Gasteiger partial charge in [0.2, 0.25) is 23.6 Å². The molecule has 2 aromatic rings. The lowest BCUT2D eigenvalue weighted by molar-refractivity contribution is -0.138. The fraction of sp³-hybridized carbons (Fsp3) is 0.500. The van der Waals surface area contributed by atoms with Crippen LogP contribution in [-0.4, -0.2) is 63.0 Å². The van der Waals surface area contributed by atoms with Gasteiger partial charge in [-0.2, -0.15) is 0 Å². The summed E-state index contributed by atoms with van der Waals surface area (Å²) in [7, 11) is 1.67. The average molecular weight is 372 g/mol. The van der Waals surface area contributed by atoms with Crippen LogP contribution in [0.25, 0.3) is 0 Å². The molecule has 1 aliphatic rings. The first-order valence-electron chi connectivity index (χ1n) is 9.02. The molecule has 0 spiro atoms. The van der Waals surface area contributed by atoms with E-state index in [4.69, 9.17) is 4.42 Å². The molecule has 27 heavy (non-hydrogen) atoms. The van der Waals surface area contributed by atoms with Crippen molar-refractivity contribution in [2.24, 2.45) is 0 Å². The van der Waals surface area contributed by atoms with Gasteiger partial charge in [0, 0.05) is 45.5 Å². The average Bonchev–Trinajstić information content (AvgIpc) is 3.13. The van der Waals surface area contributed by atoms with Gasteiger partial charge in [-0.25, -0.2) is 0 Å². The smallest absolute Gasteiger partial charge is 0.237 e. The number of carbonyl (C=O) groups is 2. The van der Waals surface area contributed by atoms with Crippen LogP contribution >= 0.6 is 0 Å². The molecule has 144 valence electrons. The summed E-state index contributed by atoms with van der Waals surface area (Å²) in [5.41, 5.74) is 1.01. The SMILES string of the molecule is CCc1nnc(CN(C)C(=O)C[C@H]2C(=O)NCCN2Cc2cccnc2)o1. The van der Waals surface area contributed by atoms with E-state index in [0.29, 0.717) is 37.8 Å². The first-order valence-corrected chi connectivity index (χ1v) is 9.02.